The summed E-state index contributed by atoms with van der Waals surface area (Å²) >= 11 is 6.61. The van der Waals surface area contributed by atoms with Gasteiger partial charge < -0.3 is 19.7 Å². The highest BCUT2D eigenvalue weighted by molar-refractivity contribution is 6.21. The molecule has 6 heteroatoms. The van der Waals surface area contributed by atoms with Crippen LogP contribution in [0.5, 0.6) is 5.75 Å². The van der Waals surface area contributed by atoms with E-state index in [1.165, 1.54) is 19.3 Å². The minimum absolute atomic E-state index is 0.0708. The van der Waals surface area contributed by atoms with E-state index < -0.39 is 12.1 Å². The predicted molar refractivity (Wildman–Crippen MR) is 154 cm³/mol. The SMILES string of the molecule is CC(C)c1cccc(C(C)C)c1OC(=O)COC/C=C\CC1C(CC[C@H](O)C2CCCCC2)[C@@H](O)C[C@@H]1Cl. The third-order valence-corrected chi connectivity index (χ3v) is 9.01. The monoisotopic (exact) mass is 548 g/mol. The van der Waals surface area contributed by atoms with Crippen LogP contribution in [-0.4, -0.2) is 47.0 Å². The number of hydrogen-bond acceptors (Lipinski definition) is 5. The minimum Gasteiger partial charge on any atom is -0.424 e. The van der Waals surface area contributed by atoms with Crippen LogP contribution >= 0.6 is 11.6 Å². The van der Waals surface area contributed by atoms with Crippen LogP contribution in [0.3, 0.4) is 0 Å². The van der Waals surface area contributed by atoms with Gasteiger partial charge in [-0.05, 0) is 79.2 Å². The van der Waals surface area contributed by atoms with Crippen LogP contribution < -0.4 is 4.74 Å². The molecule has 214 valence electrons. The maximum absolute atomic E-state index is 12.5. The van der Waals surface area contributed by atoms with Crippen LogP contribution in [0.1, 0.15) is 108 Å². The Morgan fingerprint density at radius 2 is 1.71 bits per heavy atom. The lowest BCUT2D eigenvalue weighted by Gasteiger charge is -2.29. The number of para-hydroxylation sites is 1. The van der Waals surface area contributed by atoms with Crippen molar-refractivity contribution < 1.29 is 24.5 Å². The maximum Gasteiger partial charge on any atom is 0.337 e. The van der Waals surface area contributed by atoms with E-state index in [1.54, 1.807) is 0 Å². The van der Waals surface area contributed by atoms with Gasteiger partial charge in [0.2, 0.25) is 0 Å². The number of hydrogen-bond donors (Lipinski definition) is 2. The number of carbonyl (C=O) groups is 1. The molecule has 0 spiro atoms. The number of aliphatic hydroxyl groups is 2. The number of carbonyl (C=O) groups excluding carboxylic acids is 1. The van der Waals surface area contributed by atoms with Crippen LogP contribution in [0.25, 0.3) is 0 Å². The van der Waals surface area contributed by atoms with Gasteiger partial charge in [0.05, 0.1) is 18.8 Å². The van der Waals surface area contributed by atoms with Crippen molar-refractivity contribution in [1.29, 1.82) is 0 Å². The zero-order chi connectivity index (χ0) is 27.7. The molecule has 5 nitrogen and oxygen atoms in total. The number of aliphatic hydroxyl groups excluding tert-OH is 2. The average Bonchev–Trinajstić information content (AvgIpc) is 3.16. The third kappa shape index (κ3) is 8.81. The number of halogens is 1. The van der Waals surface area contributed by atoms with Gasteiger partial charge in [-0.25, -0.2) is 4.79 Å². The smallest absolute Gasteiger partial charge is 0.337 e. The Labute approximate surface area is 234 Å². The molecule has 0 aliphatic heterocycles. The highest BCUT2D eigenvalue weighted by Crippen LogP contribution is 2.42. The van der Waals surface area contributed by atoms with Crippen molar-refractivity contribution in [1.82, 2.24) is 0 Å². The van der Waals surface area contributed by atoms with Gasteiger partial charge in [0.25, 0.3) is 0 Å². The van der Waals surface area contributed by atoms with Crippen molar-refractivity contribution >= 4 is 17.6 Å². The maximum atomic E-state index is 12.5. The first-order valence-corrected chi connectivity index (χ1v) is 15.2. The summed E-state index contributed by atoms with van der Waals surface area (Å²) < 4.78 is 11.3. The fourth-order valence-electron chi connectivity index (χ4n) is 6.26. The van der Waals surface area contributed by atoms with Gasteiger partial charge in [0.15, 0.2) is 0 Å². The molecular weight excluding hydrogens is 500 g/mol. The first kappa shape index (κ1) is 31.1. The molecule has 1 aromatic rings. The van der Waals surface area contributed by atoms with Crippen LogP contribution in [0, 0.1) is 17.8 Å². The molecule has 0 radical (unpaired) electrons. The van der Waals surface area contributed by atoms with Crippen molar-refractivity contribution in [2.75, 3.05) is 13.2 Å². The van der Waals surface area contributed by atoms with Gasteiger partial charge in [-0.2, -0.15) is 0 Å². The molecule has 2 saturated carbocycles. The Kier molecular flexibility index (Phi) is 12.6. The standard InChI is InChI=1S/C32H49ClO5/c1-21(2)24-14-10-15-25(22(3)4)32(24)38-31(36)20-37-18-9-8-13-26-27(30(35)19-28(26)33)16-17-29(34)23-11-6-5-7-12-23/h8-10,14-15,21-23,26-30,34-35H,5-7,11-13,16-20H2,1-4H3/b9-8-/t26?,27?,28-,29-,30-/m0/s1. The summed E-state index contributed by atoms with van der Waals surface area (Å²) in [6.45, 7) is 8.57. The van der Waals surface area contributed by atoms with Gasteiger partial charge in [-0.1, -0.05) is 77.3 Å². The lowest BCUT2D eigenvalue weighted by Crippen LogP contribution is -2.26. The van der Waals surface area contributed by atoms with Crippen molar-refractivity contribution in [3.63, 3.8) is 0 Å². The normalized spacial score (nSPS) is 25.5. The number of allylic oxidation sites excluding steroid dienone is 1. The fourth-order valence-corrected chi connectivity index (χ4v) is 6.73. The summed E-state index contributed by atoms with van der Waals surface area (Å²) in [5, 5.41) is 21.2. The second-order valence-corrected chi connectivity index (χ2v) is 12.5. The van der Waals surface area contributed by atoms with E-state index >= 15 is 0 Å². The Bertz CT molecular complexity index is 866. The van der Waals surface area contributed by atoms with E-state index in [9.17, 15) is 15.0 Å². The third-order valence-electron chi connectivity index (χ3n) is 8.51. The largest absolute Gasteiger partial charge is 0.424 e. The number of benzene rings is 1. The molecule has 0 amide bonds. The second-order valence-electron chi connectivity index (χ2n) is 12.0. The molecule has 38 heavy (non-hydrogen) atoms. The molecule has 2 fully saturated rings. The van der Waals surface area contributed by atoms with Gasteiger partial charge in [0, 0.05) is 5.38 Å². The zero-order valence-electron chi connectivity index (χ0n) is 23.8. The molecule has 0 heterocycles. The van der Waals surface area contributed by atoms with Crippen molar-refractivity contribution in [3.8, 4) is 5.75 Å². The average molecular weight is 549 g/mol. The molecule has 5 atom stereocenters. The lowest BCUT2D eigenvalue weighted by molar-refractivity contribution is -0.139. The molecule has 2 unspecified atom stereocenters. The topological polar surface area (TPSA) is 76.0 Å². The first-order valence-electron chi connectivity index (χ1n) is 14.7. The van der Waals surface area contributed by atoms with Crippen molar-refractivity contribution in [2.45, 2.75) is 115 Å². The number of esters is 1. The van der Waals surface area contributed by atoms with Crippen LogP contribution in [0.15, 0.2) is 30.4 Å². The van der Waals surface area contributed by atoms with Gasteiger partial charge in [-0.15, -0.1) is 11.6 Å². The molecule has 1 aromatic carbocycles. The molecule has 2 aliphatic carbocycles. The van der Waals surface area contributed by atoms with Crippen LogP contribution in [0.4, 0.5) is 0 Å². The summed E-state index contributed by atoms with van der Waals surface area (Å²) in [4.78, 5) is 12.5. The van der Waals surface area contributed by atoms with Gasteiger partial charge in [0.1, 0.15) is 12.4 Å². The first-order chi connectivity index (χ1) is 18.2. The fraction of sp³-hybridized carbons (Fsp3) is 0.719. The Hall–Kier alpha value is -1.40. The van der Waals surface area contributed by atoms with Crippen molar-refractivity contribution in [2.24, 2.45) is 17.8 Å². The van der Waals surface area contributed by atoms with Crippen LogP contribution in [-0.2, 0) is 9.53 Å². The molecule has 2 aliphatic rings. The molecular formula is C32H49ClO5. The van der Waals surface area contributed by atoms with E-state index in [4.69, 9.17) is 21.1 Å². The Morgan fingerprint density at radius 1 is 1.05 bits per heavy atom. The number of ether oxygens (including phenoxy) is 2. The van der Waals surface area contributed by atoms with E-state index in [1.807, 2.05) is 30.4 Å². The highest BCUT2D eigenvalue weighted by Gasteiger charge is 2.41. The van der Waals surface area contributed by atoms with E-state index in [0.29, 0.717) is 24.7 Å². The predicted octanol–water partition coefficient (Wildman–Crippen LogP) is 7.13. The number of rotatable bonds is 13. The summed E-state index contributed by atoms with van der Waals surface area (Å²) in [7, 11) is 0. The van der Waals surface area contributed by atoms with E-state index in [0.717, 1.165) is 43.2 Å². The molecule has 0 saturated heterocycles. The quantitative estimate of drug-likeness (QED) is 0.0901. The summed E-state index contributed by atoms with van der Waals surface area (Å²) in [5.74, 6) is 1.45. The van der Waals surface area contributed by atoms with E-state index in [-0.39, 0.29) is 41.8 Å². The summed E-state index contributed by atoms with van der Waals surface area (Å²) in [6, 6.07) is 6.04. The van der Waals surface area contributed by atoms with Gasteiger partial charge >= 0.3 is 5.97 Å². The second kappa shape index (κ2) is 15.4. The number of alkyl halides is 1. The highest BCUT2D eigenvalue weighted by atomic mass is 35.5. The molecule has 0 aromatic heterocycles. The Morgan fingerprint density at radius 3 is 2.34 bits per heavy atom. The lowest BCUT2D eigenvalue weighted by atomic mass is 9.81. The van der Waals surface area contributed by atoms with Crippen LogP contribution in [0.2, 0.25) is 0 Å². The Balaban J connectivity index is 1.43. The van der Waals surface area contributed by atoms with E-state index in [2.05, 4.69) is 27.7 Å². The zero-order valence-corrected chi connectivity index (χ0v) is 24.5. The van der Waals surface area contributed by atoms with Crippen molar-refractivity contribution in [3.05, 3.63) is 41.5 Å². The summed E-state index contributed by atoms with van der Waals surface area (Å²) in [5.41, 5.74) is 2.05. The molecule has 2 N–H and O–H groups in total. The summed E-state index contributed by atoms with van der Waals surface area (Å²) in [6.07, 6.45) is 12.1. The molecule has 3 rings (SSSR count). The minimum atomic E-state index is -0.412. The molecule has 0 bridgehead atoms. The van der Waals surface area contributed by atoms with Gasteiger partial charge in [-0.3, -0.25) is 0 Å².